The summed E-state index contributed by atoms with van der Waals surface area (Å²) in [5.74, 6) is -5.04. The zero-order valence-electron chi connectivity index (χ0n) is 8.32. The third-order valence-corrected chi connectivity index (χ3v) is 1.37. The van der Waals surface area contributed by atoms with Crippen molar-refractivity contribution in [3.8, 4) is 0 Å². The fraction of sp³-hybridized carbons (Fsp3) is 0.857. The van der Waals surface area contributed by atoms with Gasteiger partial charge in [-0.2, -0.15) is 22.0 Å². The van der Waals surface area contributed by atoms with Crippen molar-refractivity contribution >= 4 is 6.16 Å². The molecule has 0 N–H and O–H groups in total. The summed E-state index contributed by atoms with van der Waals surface area (Å²) in [6.07, 6.45) is -15.6. The summed E-state index contributed by atoms with van der Waals surface area (Å²) in [5, 5.41) is 0. The average Bonchev–Trinajstić information content (AvgIpc) is 2.21. The van der Waals surface area contributed by atoms with Gasteiger partial charge in [0.2, 0.25) is 0 Å². The second-order valence-electron chi connectivity index (χ2n) is 2.91. The first-order chi connectivity index (χ1) is 7.97. The minimum Gasteiger partial charge on any atom is -0.428 e. The first-order valence-electron chi connectivity index (χ1n) is 4.13. The van der Waals surface area contributed by atoms with Gasteiger partial charge < -0.3 is 9.47 Å². The van der Waals surface area contributed by atoms with Crippen LogP contribution in [0.3, 0.4) is 0 Å². The van der Waals surface area contributed by atoms with Crippen LogP contribution in [-0.4, -0.2) is 44.1 Å². The lowest BCUT2D eigenvalue weighted by molar-refractivity contribution is -0.252. The Kier molecular flexibility index (Phi) is 5.61. The van der Waals surface area contributed by atoms with E-state index >= 15 is 0 Å². The van der Waals surface area contributed by atoms with Crippen LogP contribution in [0.25, 0.3) is 0 Å². The Bertz CT molecular complexity index is 276. The number of hydrogen-bond acceptors (Lipinski definition) is 3. The average molecular weight is 290 g/mol. The number of ether oxygens (including phenoxy) is 2. The second kappa shape index (κ2) is 6.05. The maximum atomic E-state index is 12.5. The largest absolute Gasteiger partial charge is 0.508 e. The van der Waals surface area contributed by atoms with Gasteiger partial charge in [-0.25, -0.2) is 18.0 Å². The summed E-state index contributed by atoms with van der Waals surface area (Å²) in [6, 6.07) is 0. The molecule has 0 rings (SSSR count). The number of alkyl halides is 8. The number of rotatable bonds is 5. The Morgan fingerprint density at radius 3 is 1.89 bits per heavy atom. The Morgan fingerprint density at radius 2 is 1.50 bits per heavy atom. The van der Waals surface area contributed by atoms with Crippen molar-refractivity contribution in [3.63, 3.8) is 0 Å². The Labute approximate surface area is 94.6 Å². The van der Waals surface area contributed by atoms with Crippen LogP contribution in [0.4, 0.5) is 39.9 Å². The molecule has 0 spiro atoms. The fourth-order valence-corrected chi connectivity index (χ4v) is 0.640. The first kappa shape index (κ1) is 16.7. The van der Waals surface area contributed by atoms with E-state index in [1.54, 1.807) is 0 Å². The van der Waals surface area contributed by atoms with Crippen molar-refractivity contribution in [1.29, 1.82) is 0 Å². The number of carbonyl (C=O) groups is 1. The molecule has 3 nitrogen and oxygen atoms in total. The van der Waals surface area contributed by atoms with Gasteiger partial charge in [0, 0.05) is 0 Å². The van der Waals surface area contributed by atoms with E-state index in [-0.39, 0.29) is 0 Å². The highest BCUT2D eigenvalue weighted by Gasteiger charge is 2.57. The van der Waals surface area contributed by atoms with Crippen LogP contribution in [0, 0.1) is 0 Å². The molecule has 0 heterocycles. The topological polar surface area (TPSA) is 35.5 Å². The molecular formula is C7H6F8O3. The van der Waals surface area contributed by atoms with Crippen molar-refractivity contribution in [2.24, 2.45) is 0 Å². The molecule has 0 aromatic carbocycles. The molecule has 0 radical (unpaired) electrons. The van der Waals surface area contributed by atoms with E-state index in [0.29, 0.717) is 0 Å². The molecule has 0 unspecified atom stereocenters. The van der Waals surface area contributed by atoms with Gasteiger partial charge in [-0.05, 0) is 0 Å². The molecule has 0 fully saturated rings. The molecule has 18 heavy (non-hydrogen) atoms. The normalized spacial score (nSPS) is 14.5. The number of halogens is 8. The molecule has 0 aliphatic carbocycles. The lowest BCUT2D eigenvalue weighted by Crippen LogP contribution is -2.45. The van der Waals surface area contributed by atoms with Crippen molar-refractivity contribution in [2.45, 2.75) is 24.7 Å². The van der Waals surface area contributed by atoms with E-state index in [0.717, 1.165) is 0 Å². The predicted octanol–water partition coefficient (Wildman–Crippen LogP) is 2.94. The quantitative estimate of drug-likeness (QED) is 0.577. The molecule has 0 saturated heterocycles. The monoisotopic (exact) mass is 290 g/mol. The molecule has 11 heteroatoms. The van der Waals surface area contributed by atoms with Crippen molar-refractivity contribution in [1.82, 2.24) is 0 Å². The zero-order chi connectivity index (χ0) is 14.6. The maximum absolute atomic E-state index is 12.5. The summed E-state index contributed by atoms with van der Waals surface area (Å²) < 4.78 is 102. The lowest BCUT2D eigenvalue weighted by atomic mass is 10.2. The van der Waals surface area contributed by atoms with Gasteiger partial charge >= 0.3 is 18.3 Å². The van der Waals surface area contributed by atoms with E-state index in [4.69, 9.17) is 0 Å². The highest BCUT2D eigenvalue weighted by molar-refractivity contribution is 5.59. The van der Waals surface area contributed by atoms with Crippen LogP contribution in [0.15, 0.2) is 0 Å². The summed E-state index contributed by atoms with van der Waals surface area (Å²) in [7, 11) is 0. The first-order valence-corrected chi connectivity index (χ1v) is 4.13. The highest BCUT2D eigenvalue weighted by Crippen LogP contribution is 2.35. The molecule has 1 atom stereocenters. The molecule has 0 amide bonds. The van der Waals surface area contributed by atoms with Gasteiger partial charge in [-0.3, -0.25) is 0 Å². The van der Waals surface area contributed by atoms with Gasteiger partial charge in [0.05, 0.1) is 0 Å². The van der Waals surface area contributed by atoms with Gasteiger partial charge in [-0.1, -0.05) is 0 Å². The summed E-state index contributed by atoms with van der Waals surface area (Å²) in [6.45, 7) is -3.77. The zero-order valence-corrected chi connectivity index (χ0v) is 8.32. The van der Waals surface area contributed by atoms with Crippen LogP contribution < -0.4 is 0 Å². The predicted molar refractivity (Wildman–Crippen MR) is 39.2 cm³/mol. The van der Waals surface area contributed by atoms with Crippen molar-refractivity contribution < 1.29 is 49.4 Å². The SMILES string of the molecule is O=C(OCC(F)F)OCC(F)(F)[C@H](F)C(F)(F)F. The number of carbonyl (C=O) groups excluding carboxylic acids is 1. The standard InChI is InChI=1S/C7H6F8O3/c8-3(9)1-17-5(16)18-2-6(11,12)4(10)7(13,14)15/h3-4H,1-2H2/t4-/m0/s1. The fourth-order valence-electron chi connectivity index (χ4n) is 0.640. The molecule has 0 aromatic rings. The summed E-state index contributed by atoms with van der Waals surface area (Å²) in [4.78, 5) is 10.4. The van der Waals surface area contributed by atoms with E-state index in [9.17, 15) is 39.9 Å². The molecule has 0 bridgehead atoms. The van der Waals surface area contributed by atoms with E-state index in [1.807, 2.05) is 0 Å². The minimum atomic E-state index is -5.85. The van der Waals surface area contributed by atoms with Crippen LogP contribution in [0.2, 0.25) is 0 Å². The van der Waals surface area contributed by atoms with Crippen molar-refractivity contribution in [2.75, 3.05) is 13.2 Å². The molecule has 108 valence electrons. The lowest BCUT2D eigenvalue weighted by Gasteiger charge is -2.21. The molecule has 0 aliphatic rings. The third kappa shape index (κ3) is 5.87. The minimum absolute atomic E-state index is 1.48. The van der Waals surface area contributed by atoms with E-state index in [2.05, 4.69) is 9.47 Å². The Morgan fingerprint density at radius 1 is 1.00 bits per heavy atom. The van der Waals surface area contributed by atoms with Gasteiger partial charge in [0.25, 0.3) is 12.6 Å². The summed E-state index contributed by atoms with van der Waals surface area (Å²) in [5.41, 5.74) is 0. The van der Waals surface area contributed by atoms with Crippen LogP contribution in [-0.2, 0) is 9.47 Å². The Hall–Kier alpha value is -1.29. The van der Waals surface area contributed by atoms with E-state index in [1.165, 1.54) is 0 Å². The molecule has 0 aromatic heterocycles. The van der Waals surface area contributed by atoms with Crippen LogP contribution in [0.5, 0.6) is 0 Å². The molecule has 0 aliphatic heterocycles. The van der Waals surface area contributed by atoms with Crippen LogP contribution >= 0.6 is 0 Å². The van der Waals surface area contributed by atoms with E-state index < -0.39 is 44.1 Å². The smallest absolute Gasteiger partial charge is 0.428 e. The summed E-state index contributed by atoms with van der Waals surface area (Å²) >= 11 is 0. The second-order valence-corrected chi connectivity index (χ2v) is 2.91. The van der Waals surface area contributed by atoms with Gasteiger partial charge in [-0.15, -0.1) is 0 Å². The third-order valence-electron chi connectivity index (χ3n) is 1.37. The van der Waals surface area contributed by atoms with Gasteiger partial charge in [0.1, 0.15) is 0 Å². The molecular weight excluding hydrogens is 284 g/mol. The molecule has 0 saturated carbocycles. The number of hydrogen-bond donors (Lipinski definition) is 0. The maximum Gasteiger partial charge on any atom is 0.508 e. The van der Waals surface area contributed by atoms with Crippen LogP contribution in [0.1, 0.15) is 0 Å². The Balaban J connectivity index is 4.22. The van der Waals surface area contributed by atoms with Gasteiger partial charge in [0.15, 0.2) is 13.2 Å². The highest BCUT2D eigenvalue weighted by atomic mass is 19.4. The van der Waals surface area contributed by atoms with Crippen molar-refractivity contribution in [3.05, 3.63) is 0 Å².